The van der Waals surface area contributed by atoms with E-state index in [-0.39, 0.29) is 18.1 Å². The zero-order chi connectivity index (χ0) is 17.1. The van der Waals surface area contributed by atoms with Gasteiger partial charge in [0.05, 0.1) is 7.11 Å². The fourth-order valence-corrected chi connectivity index (χ4v) is 2.03. The second kappa shape index (κ2) is 6.63. The highest BCUT2D eigenvalue weighted by Gasteiger charge is 2.14. The lowest BCUT2D eigenvalue weighted by Crippen LogP contribution is -2.26. The van der Waals surface area contributed by atoms with Gasteiger partial charge in [0.25, 0.3) is 11.4 Å². The van der Waals surface area contributed by atoms with Crippen LogP contribution in [0, 0.1) is 0 Å². The van der Waals surface area contributed by atoms with E-state index in [1.54, 1.807) is 24.3 Å². The number of aromatic nitrogens is 4. The van der Waals surface area contributed by atoms with Crippen LogP contribution in [-0.4, -0.2) is 33.0 Å². The third kappa shape index (κ3) is 3.33. The van der Waals surface area contributed by atoms with E-state index in [1.807, 2.05) is 0 Å². The number of esters is 1. The van der Waals surface area contributed by atoms with E-state index >= 15 is 0 Å². The number of methoxy groups -OCH3 is 1. The van der Waals surface area contributed by atoms with E-state index in [0.29, 0.717) is 10.8 Å². The van der Waals surface area contributed by atoms with E-state index in [0.717, 1.165) is 10.2 Å². The first-order chi connectivity index (χ1) is 11.6. The Bertz CT molecular complexity index is 933. The van der Waals surface area contributed by atoms with Crippen LogP contribution in [0.1, 0.15) is 0 Å². The summed E-state index contributed by atoms with van der Waals surface area (Å²) < 4.78 is 10.7. The van der Waals surface area contributed by atoms with Gasteiger partial charge in [0, 0.05) is 16.7 Å². The first-order valence-corrected chi connectivity index (χ1v) is 7.19. The normalized spacial score (nSPS) is 10.6. The molecule has 122 valence electrons. The van der Waals surface area contributed by atoms with Gasteiger partial charge in [-0.25, -0.2) is 4.68 Å². The number of nitrogens with zero attached hydrogens (tertiary/aromatic N) is 4. The Morgan fingerprint density at radius 2 is 2.00 bits per heavy atom. The Morgan fingerprint density at radius 1 is 1.25 bits per heavy atom. The molecule has 24 heavy (non-hydrogen) atoms. The van der Waals surface area contributed by atoms with Gasteiger partial charge in [0.2, 0.25) is 5.82 Å². The molecule has 2 heterocycles. The number of hydrogen-bond acceptors (Lipinski definition) is 7. The molecule has 0 atom stereocenters. The van der Waals surface area contributed by atoms with E-state index in [4.69, 9.17) is 16.1 Å². The molecule has 0 saturated carbocycles. The summed E-state index contributed by atoms with van der Waals surface area (Å²) in [6.07, 6.45) is 0. The monoisotopic (exact) mass is 346 g/mol. The molecule has 3 rings (SSSR count). The van der Waals surface area contributed by atoms with Crippen molar-refractivity contribution in [3.05, 3.63) is 51.8 Å². The van der Waals surface area contributed by atoms with Crippen LogP contribution in [0.5, 0.6) is 0 Å². The largest absolute Gasteiger partial charge is 0.468 e. The van der Waals surface area contributed by atoms with Gasteiger partial charge in [-0.05, 0) is 30.3 Å². The van der Waals surface area contributed by atoms with E-state index in [9.17, 15) is 9.59 Å². The highest BCUT2D eigenvalue weighted by atomic mass is 35.5. The Balaban J connectivity index is 1.92. The Labute approximate surface area is 140 Å². The Morgan fingerprint density at radius 3 is 2.71 bits per heavy atom. The molecule has 0 aliphatic rings. The molecule has 3 aromatic rings. The van der Waals surface area contributed by atoms with E-state index in [1.165, 1.54) is 19.2 Å². The average molecular weight is 347 g/mol. The van der Waals surface area contributed by atoms with E-state index < -0.39 is 11.5 Å². The summed E-state index contributed by atoms with van der Waals surface area (Å²) in [5.74, 6) is -0.109. The number of rotatable bonds is 4. The number of carbonyl (C=O) groups excluding carboxylic acids is 1. The SMILES string of the molecule is COC(=O)Cn1nc(-c2nc(-c3ccc(Cl)cc3)no2)ccc1=O. The van der Waals surface area contributed by atoms with Gasteiger partial charge in [-0.15, -0.1) is 0 Å². The lowest BCUT2D eigenvalue weighted by molar-refractivity contribution is -0.141. The van der Waals surface area contributed by atoms with Crippen molar-refractivity contribution >= 4 is 17.6 Å². The lowest BCUT2D eigenvalue weighted by atomic mass is 10.2. The first kappa shape index (κ1) is 15.9. The summed E-state index contributed by atoms with van der Waals surface area (Å²) in [5, 5.41) is 8.51. The zero-order valence-corrected chi connectivity index (χ0v) is 13.2. The molecule has 0 N–H and O–H groups in total. The van der Waals surface area contributed by atoms with Crippen molar-refractivity contribution in [3.8, 4) is 23.0 Å². The van der Waals surface area contributed by atoms with Gasteiger partial charge >= 0.3 is 5.97 Å². The fourth-order valence-electron chi connectivity index (χ4n) is 1.91. The van der Waals surface area contributed by atoms with Gasteiger partial charge in [-0.1, -0.05) is 16.8 Å². The van der Waals surface area contributed by atoms with Crippen molar-refractivity contribution in [2.24, 2.45) is 0 Å². The molecule has 8 nitrogen and oxygen atoms in total. The molecule has 1 aromatic carbocycles. The van der Waals surface area contributed by atoms with Crippen LogP contribution in [-0.2, 0) is 16.1 Å². The number of hydrogen-bond donors (Lipinski definition) is 0. The second-order valence-corrected chi connectivity index (χ2v) is 5.16. The number of carbonyl (C=O) groups is 1. The predicted octanol–water partition coefficient (Wildman–Crippen LogP) is 1.79. The maximum absolute atomic E-state index is 11.7. The summed E-state index contributed by atoms with van der Waals surface area (Å²) in [5.41, 5.74) is 0.546. The molecule has 9 heteroatoms. The summed E-state index contributed by atoms with van der Waals surface area (Å²) in [4.78, 5) is 27.3. The third-order valence-corrected chi connectivity index (χ3v) is 3.37. The molecule has 0 aliphatic heterocycles. The molecule has 0 spiro atoms. The van der Waals surface area contributed by atoms with Crippen molar-refractivity contribution in [1.29, 1.82) is 0 Å². The minimum Gasteiger partial charge on any atom is -0.468 e. The van der Waals surface area contributed by atoms with Crippen LogP contribution in [0.2, 0.25) is 5.02 Å². The van der Waals surface area contributed by atoms with Gasteiger partial charge < -0.3 is 9.26 Å². The third-order valence-electron chi connectivity index (χ3n) is 3.12. The molecule has 0 aliphatic carbocycles. The standard InChI is InChI=1S/C15H11ClN4O4/c1-23-13(22)8-20-12(21)7-6-11(18-20)15-17-14(19-24-15)9-2-4-10(16)5-3-9/h2-7H,8H2,1H3. The summed E-state index contributed by atoms with van der Waals surface area (Å²) >= 11 is 5.84. The number of ether oxygens (including phenoxy) is 1. The van der Waals surface area contributed by atoms with Crippen LogP contribution < -0.4 is 5.56 Å². The predicted molar refractivity (Wildman–Crippen MR) is 84.3 cm³/mol. The Hall–Kier alpha value is -3.00. The summed E-state index contributed by atoms with van der Waals surface area (Å²) in [6, 6.07) is 9.63. The fraction of sp³-hybridized carbons (Fsp3) is 0.133. The van der Waals surface area contributed by atoms with Gasteiger partial charge in [-0.2, -0.15) is 10.1 Å². The minimum atomic E-state index is -0.589. The molecule has 0 bridgehead atoms. The van der Waals surface area contributed by atoms with Crippen LogP contribution in [0.3, 0.4) is 0 Å². The van der Waals surface area contributed by atoms with Crippen LogP contribution in [0.25, 0.3) is 23.0 Å². The average Bonchev–Trinajstić information content (AvgIpc) is 3.07. The summed E-state index contributed by atoms with van der Waals surface area (Å²) in [6.45, 7) is -0.304. The van der Waals surface area contributed by atoms with Crippen LogP contribution >= 0.6 is 11.6 Å². The maximum Gasteiger partial charge on any atom is 0.327 e. The molecule has 0 fully saturated rings. The smallest absolute Gasteiger partial charge is 0.327 e. The van der Waals surface area contributed by atoms with Crippen molar-refractivity contribution in [1.82, 2.24) is 19.9 Å². The molecule has 0 amide bonds. The highest BCUT2D eigenvalue weighted by Crippen LogP contribution is 2.21. The topological polar surface area (TPSA) is 100 Å². The van der Waals surface area contributed by atoms with Crippen molar-refractivity contribution < 1.29 is 14.1 Å². The van der Waals surface area contributed by atoms with E-state index in [2.05, 4.69) is 20.0 Å². The van der Waals surface area contributed by atoms with Gasteiger partial charge in [-0.3, -0.25) is 9.59 Å². The molecule has 0 unspecified atom stereocenters. The first-order valence-electron chi connectivity index (χ1n) is 6.82. The van der Waals surface area contributed by atoms with Gasteiger partial charge in [0.15, 0.2) is 0 Å². The highest BCUT2D eigenvalue weighted by molar-refractivity contribution is 6.30. The molecular weight excluding hydrogens is 336 g/mol. The molecular formula is C15H11ClN4O4. The maximum atomic E-state index is 11.7. The Kier molecular flexibility index (Phi) is 4.39. The van der Waals surface area contributed by atoms with Crippen molar-refractivity contribution in [2.75, 3.05) is 7.11 Å². The lowest BCUT2D eigenvalue weighted by Gasteiger charge is -2.03. The number of halogens is 1. The summed E-state index contributed by atoms with van der Waals surface area (Å²) in [7, 11) is 1.23. The minimum absolute atomic E-state index is 0.124. The molecule has 0 saturated heterocycles. The van der Waals surface area contributed by atoms with Gasteiger partial charge in [0.1, 0.15) is 12.2 Å². The van der Waals surface area contributed by atoms with Crippen LogP contribution in [0.15, 0.2) is 45.7 Å². The van der Waals surface area contributed by atoms with Crippen molar-refractivity contribution in [2.45, 2.75) is 6.54 Å². The van der Waals surface area contributed by atoms with Crippen molar-refractivity contribution in [3.63, 3.8) is 0 Å². The quantitative estimate of drug-likeness (QED) is 0.664. The second-order valence-electron chi connectivity index (χ2n) is 4.72. The molecule has 2 aromatic heterocycles. The number of benzene rings is 1. The molecule has 0 radical (unpaired) electrons. The van der Waals surface area contributed by atoms with Crippen LogP contribution in [0.4, 0.5) is 0 Å². The zero-order valence-electron chi connectivity index (χ0n) is 12.5.